The summed E-state index contributed by atoms with van der Waals surface area (Å²) in [5.74, 6) is 0.893. The molecule has 0 fully saturated rings. The number of pyridine rings is 2. The second-order valence-corrected chi connectivity index (χ2v) is 10.7. The maximum absolute atomic E-state index is 4.97. The normalized spacial score (nSPS) is 11.8. The zero-order chi connectivity index (χ0) is 27.6. The molecule has 0 spiro atoms. The lowest BCUT2D eigenvalue weighted by Crippen LogP contribution is -1.98. The molecule has 0 amide bonds. The lowest BCUT2D eigenvalue weighted by molar-refractivity contribution is 1.08. The van der Waals surface area contributed by atoms with Crippen LogP contribution in [0.15, 0.2) is 146 Å². The highest BCUT2D eigenvalue weighted by atomic mass is 15.1. The molecule has 4 nitrogen and oxygen atoms in total. The molecule has 5 aromatic carbocycles. The molecule has 4 heterocycles. The van der Waals surface area contributed by atoms with Gasteiger partial charge >= 0.3 is 0 Å². The number of fused-ring (bicyclic) bond motifs is 8. The first-order chi connectivity index (χ1) is 20.8. The summed E-state index contributed by atoms with van der Waals surface area (Å²) in [4.78, 5) is 9.25. The zero-order valence-corrected chi connectivity index (χ0v) is 22.6. The minimum atomic E-state index is 0.893. The van der Waals surface area contributed by atoms with Crippen LogP contribution in [0.5, 0.6) is 0 Å². The molecule has 196 valence electrons. The molecule has 0 unspecified atom stereocenters. The average molecular weight is 537 g/mol. The summed E-state index contributed by atoms with van der Waals surface area (Å²) in [6.07, 6.45) is 5.61. The first-order valence-corrected chi connectivity index (χ1v) is 14.2. The minimum Gasteiger partial charge on any atom is -0.309 e. The molecule has 0 aliphatic carbocycles. The number of aromatic nitrogens is 4. The Kier molecular flexibility index (Phi) is 4.87. The molecule has 4 aromatic heterocycles. The first kappa shape index (κ1) is 23.0. The highest BCUT2D eigenvalue weighted by Crippen LogP contribution is 2.40. The fourth-order valence-electron chi connectivity index (χ4n) is 6.56. The molecule has 0 saturated heterocycles. The molecule has 0 saturated carbocycles. The van der Waals surface area contributed by atoms with Crippen molar-refractivity contribution in [2.75, 3.05) is 0 Å². The minimum absolute atomic E-state index is 0.893. The van der Waals surface area contributed by atoms with E-state index in [1.807, 2.05) is 18.5 Å². The third-order valence-corrected chi connectivity index (χ3v) is 8.43. The van der Waals surface area contributed by atoms with Gasteiger partial charge in [0.1, 0.15) is 5.82 Å². The van der Waals surface area contributed by atoms with Crippen molar-refractivity contribution in [3.05, 3.63) is 146 Å². The number of hydrogen-bond donors (Lipinski definition) is 0. The molecule has 4 heteroatoms. The second-order valence-electron chi connectivity index (χ2n) is 10.7. The second kappa shape index (κ2) is 8.88. The van der Waals surface area contributed by atoms with Crippen molar-refractivity contribution >= 4 is 54.4 Å². The Morgan fingerprint density at radius 1 is 0.452 bits per heavy atom. The van der Waals surface area contributed by atoms with Crippen molar-refractivity contribution < 1.29 is 0 Å². The van der Waals surface area contributed by atoms with Gasteiger partial charge in [-0.1, -0.05) is 72.8 Å². The number of nitrogens with zero attached hydrogens (tertiary/aromatic N) is 4. The Bertz CT molecular complexity index is 2430. The van der Waals surface area contributed by atoms with E-state index in [0.717, 1.165) is 33.7 Å². The predicted octanol–water partition coefficient (Wildman–Crippen LogP) is 9.49. The van der Waals surface area contributed by atoms with Gasteiger partial charge in [0.25, 0.3) is 0 Å². The Labute approximate surface area is 241 Å². The van der Waals surface area contributed by atoms with Crippen molar-refractivity contribution in [2.24, 2.45) is 0 Å². The van der Waals surface area contributed by atoms with Crippen molar-refractivity contribution in [3.63, 3.8) is 0 Å². The smallest absolute Gasteiger partial charge is 0.137 e. The number of para-hydroxylation sites is 3. The summed E-state index contributed by atoms with van der Waals surface area (Å²) < 4.78 is 4.71. The van der Waals surface area contributed by atoms with Crippen LogP contribution in [0.25, 0.3) is 77.0 Å². The van der Waals surface area contributed by atoms with Crippen LogP contribution in [0.2, 0.25) is 0 Å². The summed E-state index contributed by atoms with van der Waals surface area (Å²) >= 11 is 0. The lowest BCUT2D eigenvalue weighted by atomic mass is 10.0. The monoisotopic (exact) mass is 536 g/mol. The van der Waals surface area contributed by atoms with Gasteiger partial charge in [0, 0.05) is 62.3 Å². The molecule has 0 aliphatic heterocycles. The standard InChI is InChI=1S/C38H24N4/c1-2-10-28(11-3-1)41-34-14-6-4-12-29(34)31-18-16-25-21-33-30-13-5-7-15-35(30)42(36(33)22-32(25)38(31)41)37-19-17-27(24-40-37)26-9-8-20-39-23-26/h1-24H. The van der Waals surface area contributed by atoms with Crippen LogP contribution < -0.4 is 0 Å². The van der Waals surface area contributed by atoms with Crippen molar-refractivity contribution in [1.82, 2.24) is 19.1 Å². The quantitative estimate of drug-likeness (QED) is 0.225. The van der Waals surface area contributed by atoms with E-state index in [1.54, 1.807) is 6.20 Å². The van der Waals surface area contributed by atoms with Gasteiger partial charge < -0.3 is 4.57 Å². The predicted molar refractivity (Wildman–Crippen MR) is 174 cm³/mol. The molecule has 0 atom stereocenters. The molecule has 42 heavy (non-hydrogen) atoms. The van der Waals surface area contributed by atoms with Crippen molar-refractivity contribution in [3.8, 4) is 22.6 Å². The van der Waals surface area contributed by atoms with E-state index < -0.39 is 0 Å². The van der Waals surface area contributed by atoms with Crippen LogP contribution in [0, 0.1) is 0 Å². The summed E-state index contributed by atoms with van der Waals surface area (Å²) in [6, 6.07) is 45.5. The Hall–Kier alpha value is -5.74. The molecule has 9 rings (SSSR count). The van der Waals surface area contributed by atoms with Gasteiger partial charge in [-0.3, -0.25) is 9.55 Å². The van der Waals surface area contributed by atoms with Crippen LogP contribution in [0.4, 0.5) is 0 Å². The fraction of sp³-hybridized carbons (Fsp3) is 0. The van der Waals surface area contributed by atoms with Crippen molar-refractivity contribution in [2.45, 2.75) is 0 Å². The fourth-order valence-corrected chi connectivity index (χ4v) is 6.56. The maximum atomic E-state index is 4.97. The number of benzene rings is 5. The summed E-state index contributed by atoms with van der Waals surface area (Å²) in [7, 11) is 0. The van der Waals surface area contributed by atoms with Crippen LogP contribution in [-0.4, -0.2) is 19.1 Å². The number of hydrogen-bond acceptors (Lipinski definition) is 2. The van der Waals surface area contributed by atoms with Crippen LogP contribution in [-0.2, 0) is 0 Å². The van der Waals surface area contributed by atoms with Gasteiger partial charge in [0.15, 0.2) is 0 Å². The number of rotatable bonds is 3. The zero-order valence-electron chi connectivity index (χ0n) is 22.6. The molecular weight excluding hydrogens is 512 g/mol. The Morgan fingerprint density at radius 3 is 1.95 bits per heavy atom. The lowest BCUT2D eigenvalue weighted by Gasteiger charge is -2.11. The molecular formula is C38H24N4. The molecule has 0 radical (unpaired) electrons. The van der Waals surface area contributed by atoms with Gasteiger partial charge in [0.05, 0.1) is 22.1 Å². The van der Waals surface area contributed by atoms with Gasteiger partial charge in [-0.15, -0.1) is 0 Å². The topological polar surface area (TPSA) is 35.6 Å². The third-order valence-electron chi connectivity index (χ3n) is 8.43. The van der Waals surface area contributed by atoms with E-state index in [2.05, 4.69) is 135 Å². The van der Waals surface area contributed by atoms with E-state index in [-0.39, 0.29) is 0 Å². The molecule has 0 N–H and O–H groups in total. The van der Waals surface area contributed by atoms with Gasteiger partial charge in [-0.25, -0.2) is 4.98 Å². The largest absolute Gasteiger partial charge is 0.309 e. The average Bonchev–Trinajstić information content (AvgIpc) is 3.57. The van der Waals surface area contributed by atoms with Crippen LogP contribution in [0.3, 0.4) is 0 Å². The van der Waals surface area contributed by atoms with Crippen LogP contribution in [0.1, 0.15) is 0 Å². The van der Waals surface area contributed by atoms with Gasteiger partial charge in [0.2, 0.25) is 0 Å². The summed E-state index contributed by atoms with van der Waals surface area (Å²) in [5, 5.41) is 7.39. The molecule has 9 aromatic rings. The maximum Gasteiger partial charge on any atom is 0.137 e. The van der Waals surface area contributed by atoms with E-state index in [9.17, 15) is 0 Å². The van der Waals surface area contributed by atoms with Crippen LogP contribution >= 0.6 is 0 Å². The SMILES string of the molecule is c1ccc(-n2c3ccccc3c3ccc4cc5c6ccccc6n(-c6ccc(-c7cccnc7)cn6)c5cc4c32)cc1. The first-order valence-electron chi connectivity index (χ1n) is 14.2. The van der Waals surface area contributed by atoms with Crippen molar-refractivity contribution in [1.29, 1.82) is 0 Å². The molecule has 0 aliphatic rings. The van der Waals surface area contributed by atoms with E-state index >= 15 is 0 Å². The van der Waals surface area contributed by atoms with E-state index in [1.165, 1.54) is 43.4 Å². The third kappa shape index (κ3) is 3.29. The van der Waals surface area contributed by atoms with E-state index in [0.29, 0.717) is 0 Å². The van der Waals surface area contributed by atoms with Gasteiger partial charge in [-0.2, -0.15) is 0 Å². The Morgan fingerprint density at radius 2 is 1.19 bits per heavy atom. The van der Waals surface area contributed by atoms with Gasteiger partial charge in [-0.05, 0) is 60.0 Å². The summed E-state index contributed by atoms with van der Waals surface area (Å²) in [5.41, 5.74) is 7.97. The molecule has 0 bridgehead atoms. The van der Waals surface area contributed by atoms with E-state index in [4.69, 9.17) is 4.98 Å². The highest BCUT2D eigenvalue weighted by molar-refractivity contribution is 6.22. The summed E-state index contributed by atoms with van der Waals surface area (Å²) in [6.45, 7) is 0. The highest BCUT2D eigenvalue weighted by Gasteiger charge is 2.18. The Balaban J connectivity index is 1.38.